The van der Waals surface area contributed by atoms with Crippen molar-refractivity contribution in [3.05, 3.63) is 88.5 Å². The highest BCUT2D eigenvalue weighted by atomic mass is 14.2. The third-order valence-corrected chi connectivity index (χ3v) is 6.38. The second-order valence-corrected chi connectivity index (χ2v) is 8.34. The zero-order valence-electron chi connectivity index (χ0n) is 18.5. The van der Waals surface area contributed by atoms with Crippen LogP contribution in [0.4, 0.5) is 0 Å². The minimum atomic E-state index is 0.664. The number of benzene rings is 2. The fraction of sp³-hybridized carbons (Fsp3) is 0.379. The first-order valence-corrected chi connectivity index (χ1v) is 11.4. The third kappa shape index (κ3) is 5.38. The van der Waals surface area contributed by atoms with Crippen molar-refractivity contribution in [1.82, 2.24) is 0 Å². The van der Waals surface area contributed by atoms with E-state index in [0.717, 1.165) is 12.8 Å². The molecule has 0 N–H and O–H groups in total. The maximum Gasteiger partial charge on any atom is -0.0156 e. The zero-order chi connectivity index (χ0) is 20.6. The van der Waals surface area contributed by atoms with E-state index in [1.165, 1.54) is 71.1 Å². The summed E-state index contributed by atoms with van der Waals surface area (Å²) in [6, 6.07) is 15.9. The van der Waals surface area contributed by atoms with Crippen molar-refractivity contribution in [2.24, 2.45) is 5.92 Å². The molecule has 0 radical (unpaired) electrons. The van der Waals surface area contributed by atoms with Gasteiger partial charge in [0, 0.05) is 0 Å². The van der Waals surface area contributed by atoms with Crippen molar-refractivity contribution < 1.29 is 0 Å². The molecule has 1 fully saturated rings. The van der Waals surface area contributed by atoms with Crippen LogP contribution in [0.25, 0.3) is 17.7 Å². The van der Waals surface area contributed by atoms with Gasteiger partial charge in [-0.1, -0.05) is 100 Å². The van der Waals surface area contributed by atoms with Crippen molar-refractivity contribution >= 4 is 17.7 Å². The Bertz CT molecular complexity index is 888. The Hall–Kier alpha value is -2.34. The SMILES string of the molecule is C=C/C(=C/c1cc(CC)ccc1/C=C(/c1ccccc1C)C1CCCCC1)CC. The van der Waals surface area contributed by atoms with Crippen molar-refractivity contribution in [1.29, 1.82) is 0 Å². The smallest absolute Gasteiger partial charge is 0.0156 e. The Labute approximate surface area is 178 Å². The molecule has 0 heteroatoms. The van der Waals surface area contributed by atoms with Crippen LogP contribution in [0.1, 0.15) is 80.2 Å². The van der Waals surface area contributed by atoms with Crippen LogP contribution in [-0.2, 0) is 6.42 Å². The quantitative estimate of drug-likeness (QED) is 0.331. The lowest BCUT2D eigenvalue weighted by atomic mass is 9.79. The molecule has 0 nitrogen and oxygen atoms in total. The standard InChI is InChI=1S/C29H36/c1-5-23(6-2)19-27-20-24(7-3)17-18-26(27)21-29(25-14-9-8-10-15-25)28-16-12-11-13-22(28)4/h5,11-13,16-21,25H,1,6-10,14-15H2,2-4H3/b23-19-,29-21+. The van der Waals surface area contributed by atoms with E-state index in [-0.39, 0.29) is 0 Å². The van der Waals surface area contributed by atoms with Crippen LogP contribution < -0.4 is 0 Å². The van der Waals surface area contributed by atoms with Gasteiger partial charge in [0.2, 0.25) is 0 Å². The summed E-state index contributed by atoms with van der Waals surface area (Å²) in [6.45, 7) is 10.7. The maximum absolute atomic E-state index is 4.01. The molecular formula is C29H36. The van der Waals surface area contributed by atoms with Crippen LogP contribution in [-0.4, -0.2) is 0 Å². The Kier molecular flexibility index (Phi) is 7.69. The summed E-state index contributed by atoms with van der Waals surface area (Å²) in [4.78, 5) is 0. The van der Waals surface area contributed by atoms with Gasteiger partial charge in [-0.2, -0.15) is 0 Å². The number of rotatable bonds is 7. The van der Waals surface area contributed by atoms with Gasteiger partial charge in [-0.25, -0.2) is 0 Å². The van der Waals surface area contributed by atoms with E-state index < -0.39 is 0 Å². The van der Waals surface area contributed by atoms with Gasteiger partial charge in [0.25, 0.3) is 0 Å². The summed E-state index contributed by atoms with van der Waals surface area (Å²) < 4.78 is 0. The minimum absolute atomic E-state index is 0.664. The fourth-order valence-electron chi connectivity index (χ4n) is 4.50. The molecule has 0 heterocycles. The predicted octanol–water partition coefficient (Wildman–Crippen LogP) is 8.66. The van der Waals surface area contributed by atoms with Gasteiger partial charge in [0.1, 0.15) is 0 Å². The average Bonchev–Trinajstić information content (AvgIpc) is 2.77. The second-order valence-electron chi connectivity index (χ2n) is 8.34. The molecule has 0 saturated heterocycles. The van der Waals surface area contributed by atoms with Gasteiger partial charge < -0.3 is 0 Å². The summed E-state index contributed by atoms with van der Waals surface area (Å²) in [7, 11) is 0. The number of hydrogen-bond donors (Lipinski definition) is 0. The highest BCUT2D eigenvalue weighted by molar-refractivity contribution is 5.86. The number of hydrogen-bond acceptors (Lipinski definition) is 0. The molecule has 0 amide bonds. The van der Waals surface area contributed by atoms with Gasteiger partial charge >= 0.3 is 0 Å². The van der Waals surface area contributed by atoms with Gasteiger partial charge in [0.15, 0.2) is 0 Å². The average molecular weight is 385 g/mol. The van der Waals surface area contributed by atoms with Crippen LogP contribution >= 0.6 is 0 Å². The molecule has 1 aliphatic carbocycles. The van der Waals surface area contributed by atoms with Crippen LogP contribution in [0.15, 0.2) is 60.7 Å². The van der Waals surface area contributed by atoms with Gasteiger partial charge in [-0.15, -0.1) is 0 Å². The Balaban J connectivity index is 2.15. The summed E-state index contributed by atoms with van der Waals surface area (Å²) in [5.41, 5.74) is 9.67. The van der Waals surface area contributed by atoms with E-state index in [1.807, 2.05) is 6.08 Å². The van der Waals surface area contributed by atoms with E-state index in [0.29, 0.717) is 5.92 Å². The Morgan fingerprint density at radius 2 is 1.72 bits per heavy atom. The maximum atomic E-state index is 4.01. The molecule has 29 heavy (non-hydrogen) atoms. The van der Waals surface area contributed by atoms with Crippen LogP contribution in [0.3, 0.4) is 0 Å². The molecule has 0 aliphatic heterocycles. The molecule has 2 aromatic rings. The molecule has 2 aromatic carbocycles. The van der Waals surface area contributed by atoms with Crippen LogP contribution in [0.5, 0.6) is 0 Å². The summed E-state index contributed by atoms with van der Waals surface area (Å²) in [5, 5.41) is 0. The van der Waals surface area contributed by atoms with Crippen molar-refractivity contribution in [3.8, 4) is 0 Å². The first-order chi connectivity index (χ1) is 14.2. The lowest BCUT2D eigenvalue weighted by molar-refractivity contribution is 0.430. The zero-order valence-corrected chi connectivity index (χ0v) is 18.5. The van der Waals surface area contributed by atoms with E-state index >= 15 is 0 Å². The van der Waals surface area contributed by atoms with Crippen molar-refractivity contribution in [2.45, 2.75) is 65.7 Å². The molecule has 0 bridgehead atoms. The Morgan fingerprint density at radius 3 is 2.38 bits per heavy atom. The van der Waals surface area contributed by atoms with E-state index in [4.69, 9.17) is 0 Å². The molecule has 152 valence electrons. The summed E-state index contributed by atoms with van der Waals surface area (Å²) in [5.74, 6) is 0.664. The highest BCUT2D eigenvalue weighted by Crippen LogP contribution is 2.38. The van der Waals surface area contributed by atoms with Crippen molar-refractivity contribution in [2.75, 3.05) is 0 Å². The molecular weight excluding hydrogens is 348 g/mol. The molecule has 0 unspecified atom stereocenters. The van der Waals surface area contributed by atoms with E-state index in [9.17, 15) is 0 Å². The molecule has 0 atom stereocenters. The topological polar surface area (TPSA) is 0 Å². The summed E-state index contributed by atoms with van der Waals surface area (Å²) in [6.07, 6.45) is 15.6. The fourth-order valence-corrected chi connectivity index (χ4v) is 4.50. The van der Waals surface area contributed by atoms with Gasteiger partial charge in [-0.05, 0) is 77.5 Å². The third-order valence-electron chi connectivity index (χ3n) is 6.38. The second kappa shape index (κ2) is 10.4. The Morgan fingerprint density at radius 1 is 0.966 bits per heavy atom. The highest BCUT2D eigenvalue weighted by Gasteiger charge is 2.20. The summed E-state index contributed by atoms with van der Waals surface area (Å²) >= 11 is 0. The molecule has 1 saturated carbocycles. The monoisotopic (exact) mass is 384 g/mol. The van der Waals surface area contributed by atoms with Gasteiger partial charge in [-0.3, -0.25) is 0 Å². The molecule has 3 rings (SSSR count). The normalized spacial score (nSPS) is 16.1. The first kappa shape index (κ1) is 21.4. The van der Waals surface area contributed by atoms with Gasteiger partial charge in [0.05, 0.1) is 0 Å². The van der Waals surface area contributed by atoms with E-state index in [2.05, 4.69) is 82.0 Å². The largest absolute Gasteiger partial charge is 0.0988 e. The van der Waals surface area contributed by atoms with Crippen LogP contribution in [0.2, 0.25) is 0 Å². The first-order valence-electron chi connectivity index (χ1n) is 11.4. The van der Waals surface area contributed by atoms with E-state index in [1.54, 1.807) is 0 Å². The number of allylic oxidation sites excluding steroid dienone is 3. The lowest BCUT2D eigenvalue weighted by Crippen LogP contribution is -2.09. The van der Waals surface area contributed by atoms with Crippen LogP contribution in [0, 0.1) is 12.8 Å². The molecule has 1 aliphatic rings. The van der Waals surface area contributed by atoms with Crippen molar-refractivity contribution in [3.63, 3.8) is 0 Å². The number of aryl methyl sites for hydroxylation is 2. The molecule has 0 aromatic heterocycles. The predicted molar refractivity (Wildman–Crippen MR) is 130 cm³/mol. The minimum Gasteiger partial charge on any atom is -0.0988 e. The lowest BCUT2D eigenvalue weighted by Gasteiger charge is -2.26. The molecule has 0 spiro atoms.